The quantitative estimate of drug-likeness (QED) is 0.375. The number of nitrogens with zero attached hydrogens (tertiary/aromatic N) is 2. The number of nitro benzene ring substituents is 1. The zero-order valence-corrected chi connectivity index (χ0v) is 13.9. The van der Waals surface area contributed by atoms with Gasteiger partial charge in [0.2, 0.25) is 0 Å². The van der Waals surface area contributed by atoms with Gasteiger partial charge in [-0.05, 0) is 30.3 Å². The van der Waals surface area contributed by atoms with Gasteiger partial charge in [-0.3, -0.25) is 10.1 Å². The van der Waals surface area contributed by atoms with E-state index < -0.39 is 4.92 Å². The van der Waals surface area contributed by atoms with Gasteiger partial charge in [-0.15, -0.1) is 11.3 Å². The minimum Gasteiger partial charge on any atom is -0.496 e. The van der Waals surface area contributed by atoms with Crippen LogP contribution in [0.2, 0.25) is 0 Å². The normalized spacial score (nSPS) is 10.9. The third kappa shape index (κ3) is 2.74. The molecule has 0 spiro atoms. The van der Waals surface area contributed by atoms with Crippen LogP contribution in [0.1, 0.15) is 0 Å². The van der Waals surface area contributed by atoms with Crippen LogP contribution in [0.4, 0.5) is 5.69 Å². The van der Waals surface area contributed by atoms with E-state index in [1.807, 2.05) is 36.4 Å². The summed E-state index contributed by atoms with van der Waals surface area (Å²) in [6.45, 7) is 0. The van der Waals surface area contributed by atoms with Gasteiger partial charge in [-0.25, -0.2) is 4.98 Å². The molecule has 0 aliphatic rings. The highest BCUT2D eigenvalue weighted by molar-refractivity contribution is 7.21. The Bertz CT molecular complexity index is 1050. The fraction of sp³-hybridized carbons (Fsp3) is 0.0556. The van der Waals surface area contributed by atoms with Crippen LogP contribution in [0.3, 0.4) is 0 Å². The smallest absolute Gasteiger partial charge is 0.273 e. The molecule has 0 amide bonds. The van der Waals surface area contributed by atoms with E-state index in [9.17, 15) is 10.1 Å². The van der Waals surface area contributed by atoms with E-state index >= 15 is 0 Å². The summed E-state index contributed by atoms with van der Waals surface area (Å²) < 4.78 is 12.3. The molecule has 0 aliphatic heterocycles. The Morgan fingerprint density at radius 1 is 1.12 bits per heavy atom. The number of aromatic nitrogens is 1. The predicted molar refractivity (Wildman–Crippen MR) is 96.0 cm³/mol. The fourth-order valence-electron chi connectivity index (χ4n) is 2.57. The number of rotatable bonds is 4. The van der Waals surface area contributed by atoms with Crippen molar-refractivity contribution in [1.29, 1.82) is 0 Å². The molecule has 7 heteroatoms. The Labute approximate surface area is 146 Å². The second kappa shape index (κ2) is 6.03. The summed E-state index contributed by atoms with van der Waals surface area (Å²) in [5, 5.41) is 11.7. The van der Waals surface area contributed by atoms with Gasteiger partial charge >= 0.3 is 0 Å². The summed E-state index contributed by atoms with van der Waals surface area (Å²) in [7, 11) is 1.47. The van der Waals surface area contributed by atoms with Gasteiger partial charge in [0, 0.05) is 6.07 Å². The number of benzene rings is 2. The second-order valence-corrected chi connectivity index (χ2v) is 6.32. The first kappa shape index (κ1) is 15.3. The maximum atomic E-state index is 10.9. The van der Waals surface area contributed by atoms with Crippen LogP contribution < -0.4 is 4.74 Å². The Morgan fingerprint density at radius 3 is 2.68 bits per heavy atom. The monoisotopic (exact) mass is 352 g/mol. The van der Waals surface area contributed by atoms with E-state index in [2.05, 4.69) is 4.98 Å². The molecule has 0 fully saturated rings. The van der Waals surface area contributed by atoms with Crippen LogP contribution in [-0.4, -0.2) is 17.0 Å². The zero-order valence-electron chi connectivity index (χ0n) is 13.1. The Kier molecular flexibility index (Phi) is 3.70. The number of para-hydroxylation sites is 1. The van der Waals surface area contributed by atoms with Crippen molar-refractivity contribution in [2.45, 2.75) is 0 Å². The molecule has 0 radical (unpaired) electrons. The van der Waals surface area contributed by atoms with Crippen molar-refractivity contribution in [1.82, 2.24) is 4.98 Å². The average molecular weight is 352 g/mol. The van der Waals surface area contributed by atoms with Gasteiger partial charge in [0.25, 0.3) is 5.69 Å². The molecular formula is C18H12N2O4S. The molecule has 0 saturated heterocycles. The van der Waals surface area contributed by atoms with Crippen molar-refractivity contribution in [2.75, 3.05) is 7.11 Å². The minimum atomic E-state index is -0.457. The van der Waals surface area contributed by atoms with Crippen molar-refractivity contribution in [3.63, 3.8) is 0 Å². The molecule has 2 aromatic heterocycles. The van der Waals surface area contributed by atoms with Crippen LogP contribution in [0, 0.1) is 10.1 Å². The number of fused-ring (bicyclic) bond motifs is 1. The largest absolute Gasteiger partial charge is 0.496 e. The Morgan fingerprint density at radius 2 is 1.92 bits per heavy atom. The van der Waals surface area contributed by atoms with Gasteiger partial charge in [0.05, 0.1) is 33.9 Å². The average Bonchev–Trinajstić information content (AvgIpc) is 3.27. The zero-order chi connectivity index (χ0) is 17.4. The number of hydrogen-bond donors (Lipinski definition) is 0. The molecule has 2 aromatic carbocycles. The van der Waals surface area contributed by atoms with Crippen LogP contribution in [0.25, 0.3) is 32.3 Å². The highest BCUT2D eigenvalue weighted by Gasteiger charge is 2.17. The lowest BCUT2D eigenvalue weighted by Crippen LogP contribution is -1.91. The summed E-state index contributed by atoms with van der Waals surface area (Å²) in [6.07, 6.45) is 0. The van der Waals surface area contributed by atoms with E-state index in [-0.39, 0.29) is 5.69 Å². The van der Waals surface area contributed by atoms with Crippen molar-refractivity contribution < 1.29 is 14.1 Å². The molecule has 2 heterocycles. The van der Waals surface area contributed by atoms with Crippen LogP contribution in [-0.2, 0) is 0 Å². The highest BCUT2D eigenvalue weighted by atomic mass is 32.1. The topological polar surface area (TPSA) is 78.4 Å². The van der Waals surface area contributed by atoms with E-state index in [4.69, 9.17) is 9.15 Å². The summed E-state index contributed by atoms with van der Waals surface area (Å²) in [4.78, 5) is 15.0. The first-order chi connectivity index (χ1) is 12.2. The molecule has 0 aliphatic carbocycles. The number of furan rings is 1. The molecule has 4 aromatic rings. The third-order valence-electron chi connectivity index (χ3n) is 3.77. The van der Waals surface area contributed by atoms with Crippen LogP contribution >= 0.6 is 11.3 Å². The molecule has 0 unspecified atom stereocenters. The van der Waals surface area contributed by atoms with Crippen molar-refractivity contribution in [3.05, 3.63) is 64.7 Å². The van der Waals surface area contributed by atoms with Crippen molar-refractivity contribution in [3.8, 4) is 27.8 Å². The van der Waals surface area contributed by atoms with E-state index in [0.29, 0.717) is 22.8 Å². The minimum absolute atomic E-state index is 0.0291. The molecule has 0 saturated carbocycles. The molecule has 0 atom stereocenters. The summed E-state index contributed by atoms with van der Waals surface area (Å²) in [6, 6.07) is 16.0. The number of nitro groups is 1. The number of ether oxygens (including phenoxy) is 1. The van der Waals surface area contributed by atoms with E-state index in [1.165, 1.54) is 19.2 Å². The van der Waals surface area contributed by atoms with Crippen LogP contribution in [0.5, 0.6) is 5.75 Å². The standard InChI is InChI=1S/C18H12N2O4S/c1-23-16-10-11(20(21)22)6-7-12(16)14-8-9-15(24-14)18-19-13-4-2-3-5-17(13)25-18/h2-10H,1H3. The van der Waals surface area contributed by atoms with Crippen LogP contribution in [0.15, 0.2) is 59.0 Å². The Hall–Kier alpha value is -3.19. The maximum Gasteiger partial charge on any atom is 0.273 e. The summed E-state index contributed by atoms with van der Waals surface area (Å²) >= 11 is 1.55. The van der Waals surface area contributed by atoms with E-state index in [1.54, 1.807) is 17.4 Å². The lowest BCUT2D eigenvalue weighted by Gasteiger charge is -2.05. The molecule has 124 valence electrons. The SMILES string of the molecule is COc1cc([N+](=O)[O-])ccc1-c1ccc(-c2nc3ccccc3s2)o1. The molecule has 25 heavy (non-hydrogen) atoms. The van der Waals surface area contributed by atoms with Gasteiger partial charge in [0.15, 0.2) is 10.8 Å². The molecule has 6 nitrogen and oxygen atoms in total. The first-order valence-electron chi connectivity index (χ1n) is 7.44. The van der Waals surface area contributed by atoms with Gasteiger partial charge in [0.1, 0.15) is 11.5 Å². The van der Waals surface area contributed by atoms with Gasteiger partial charge in [-0.2, -0.15) is 0 Å². The number of methoxy groups -OCH3 is 1. The molecular weight excluding hydrogens is 340 g/mol. The van der Waals surface area contributed by atoms with Gasteiger partial charge in [-0.1, -0.05) is 12.1 Å². The number of hydrogen-bond acceptors (Lipinski definition) is 6. The first-order valence-corrected chi connectivity index (χ1v) is 8.26. The summed E-state index contributed by atoms with van der Waals surface area (Å²) in [5.41, 5.74) is 1.55. The molecule has 0 bridgehead atoms. The summed E-state index contributed by atoms with van der Waals surface area (Å²) in [5.74, 6) is 1.61. The second-order valence-electron chi connectivity index (χ2n) is 5.29. The third-order valence-corrected chi connectivity index (χ3v) is 4.82. The predicted octanol–water partition coefficient (Wildman–Crippen LogP) is 5.14. The number of thiazole rings is 1. The molecule has 0 N–H and O–H groups in total. The lowest BCUT2D eigenvalue weighted by molar-refractivity contribution is -0.384. The maximum absolute atomic E-state index is 10.9. The Balaban J connectivity index is 1.75. The van der Waals surface area contributed by atoms with Gasteiger partial charge < -0.3 is 9.15 Å². The highest BCUT2D eigenvalue weighted by Crippen LogP contribution is 2.37. The van der Waals surface area contributed by atoms with E-state index in [0.717, 1.165) is 15.2 Å². The number of non-ortho nitro benzene ring substituents is 1. The van der Waals surface area contributed by atoms with Crippen molar-refractivity contribution in [2.24, 2.45) is 0 Å². The fourth-order valence-corrected chi connectivity index (χ4v) is 3.50. The lowest BCUT2D eigenvalue weighted by atomic mass is 10.1. The van der Waals surface area contributed by atoms with Crippen molar-refractivity contribution >= 4 is 27.2 Å². The molecule has 4 rings (SSSR count).